The highest BCUT2D eigenvalue weighted by Gasteiger charge is 2.06. The average Bonchev–Trinajstić information content (AvgIpc) is 2.42. The Morgan fingerprint density at radius 3 is 2.40 bits per heavy atom. The van der Waals surface area contributed by atoms with Crippen LogP contribution in [-0.4, -0.2) is 6.04 Å². The topological polar surface area (TPSA) is 12.0 Å². The Kier molecular flexibility index (Phi) is 5.26. The van der Waals surface area contributed by atoms with E-state index in [1.165, 1.54) is 24.3 Å². The van der Waals surface area contributed by atoms with Gasteiger partial charge in [0, 0.05) is 17.1 Å². The van der Waals surface area contributed by atoms with Gasteiger partial charge in [-0.15, -0.1) is 0 Å². The standard InChI is InChI=1S/C16H16BrF2N/c1-11(8-12-2-4-14(18)5-3-12)20-10-13-9-15(19)6-7-16(13)17/h2-7,9,11,20H,8,10H2,1H3. The Morgan fingerprint density at radius 1 is 1.05 bits per heavy atom. The van der Waals surface area contributed by atoms with E-state index in [9.17, 15) is 8.78 Å². The average molecular weight is 340 g/mol. The van der Waals surface area contributed by atoms with Gasteiger partial charge >= 0.3 is 0 Å². The summed E-state index contributed by atoms with van der Waals surface area (Å²) in [5.74, 6) is -0.464. The minimum absolute atomic E-state index is 0.218. The van der Waals surface area contributed by atoms with Gasteiger partial charge in [0.15, 0.2) is 0 Å². The van der Waals surface area contributed by atoms with Crippen molar-refractivity contribution >= 4 is 15.9 Å². The van der Waals surface area contributed by atoms with E-state index < -0.39 is 0 Å². The quantitative estimate of drug-likeness (QED) is 0.848. The van der Waals surface area contributed by atoms with E-state index in [2.05, 4.69) is 28.2 Å². The van der Waals surface area contributed by atoms with Gasteiger partial charge in [-0.1, -0.05) is 28.1 Å². The van der Waals surface area contributed by atoms with Gasteiger partial charge in [0.1, 0.15) is 11.6 Å². The van der Waals surface area contributed by atoms with Crippen molar-refractivity contribution in [1.82, 2.24) is 5.32 Å². The molecule has 2 aromatic carbocycles. The maximum atomic E-state index is 13.2. The maximum absolute atomic E-state index is 13.2. The number of halogens is 3. The highest BCUT2D eigenvalue weighted by Crippen LogP contribution is 2.18. The van der Waals surface area contributed by atoms with Crippen LogP contribution in [-0.2, 0) is 13.0 Å². The van der Waals surface area contributed by atoms with Gasteiger partial charge in [0.05, 0.1) is 0 Å². The van der Waals surface area contributed by atoms with E-state index in [-0.39, 0.29) is 17.7 Å². The van der Waals surface area contributed by atoms with Gasteiger partial charge in [0.2, 0.25) is 0 Å². The molecule has 1 nitrogen and oxygen atoms in total. The fourth-order valence-corrected chi connectivity index (χ4v) is 2.40. The van der Waals surface area contributed by atoms with Crippen LogP contribution < -0.4 is 5.32 Å². The lowest BCUT2D eigenvalue weighted by atomic mass is 10.1. The smallest absolute Gasteiger partial charge is 0.123 e. The van der Waals surface area contributed by atoms with Crippen LogP contribution in [0.2, 0.25) is 0 Å². The molecule has 0 bridgehead atoms. The van der Waals surface area contributed by atoms with E-state index in [1.807, 2.05) is 0 Å². The molecule has 106 valence electrons. The molecular weight excluding hydrogens is 324 g/mol. The van der Waals surface area contributed by atoms with Crippen LogP contribution >= 0.6 is 15.9 Å². The highest BCUT2D eigenvalue weighted by molar-refractivity contribution is 9.10. The molecule has 0 amide bonds. The molecule has 0 saturated heterocycles. The Bertz CT molecular complexity index is 569. The van der Waals surface area contributed by atoms with Crippen molar-refractivity contribution in [2.75, 3.05) is 0 Å². The summed E-state index contributed by atoms with van der Waals surface area (Å²) in [5, 5.41) is 3.34. The summed E-state index contributed by atoms with van der Waals surface area (Å²) in [4.78, 5) is 0. The summed E-state index contributed by atoms with van der Waals surface area (Å²) < 4.78 is 26.9. The Morgan fingerprint density at radius 2 is 1.70 bits per heavy atom. The molecule has 1 unspecified atom stereocenters. The third kappa shape index (κ3) is 4.39. The van der Waals surface area contributed by atoms with Crippen LogP contribution in [0.5, 0.6) is 0 Å². The number of benzene rings is 2. The zero-order chi connectivity index (χ0) is 14.5. The van der Waals surface area contributed by atoms with E-state index in [4.69, 9.17) is 0 Å². The molecule has 0 fully saturated rings. The summed E-state index contributed by atoms with van der Waals surface area (Å²) in [5.41, 5.74) is 1.96. The Balaban J connectivity index is 1.90. The molecule has 4 heteroatoms. The largest absolute Gasteiger partial charge is 0.310 e. The lowest BCUT2D eigenvalue weighted by Gasteiger charge is -2.15. The molecule has 0 spiro atoms. The first-order chi connectivity index (χ1) is 9.54. The van der Waals surface area contributed by atoms with Crippen LogP contribution in [0.4, 0.5) is 8.78 Å². The highest BCUT2D eigenvalue weighted by atomic mass is 79.9. The normalized spacial score (nSPS) is 12.4. The SMILES string of the molecule is CC(Cc1ccc(F)cc1)NCc1cc(F)ccc1Br. The van der Waals surface area contributed by atoms with Gasteiger partial charge < -0.3 is 5.32 Å². The number of nitrogens with one attached hydrogen (secondary N) is 1. The minimum Gasteiger partial charge on any atom is -0.310 e. The lowest BCUT2D eigenvalue weighted by Crippen LogP contribution is -2.27. The van der Waals surface area contributed by atoms with Crippen molar-refractivity contribution in [3.63, 3.8) is 0 Å². The Labute approximate surface area is 126 Å². The van der Waals surface area contributed by atoms with E-state index >= 15 is 0 Å². The first-order valence-corrected chi connectivity index (χ1v) is 7.25. The van der Waals surface area contributed by atoms with Crippen LogP contribution in [0.25, 0.3) is 0 Å². The summed E-state index contributed by atoms with van der Waals surface area (Å²) in [6, 6.07) is 11.4. The fraction of sp³-hybridized carbons (Fsp3) is 0.250. The molecule has 0 saturated carbocycles. The van der Waals surface area contributed by atoms with Crippen molar-refractivity contribution in [3.8, 4) is 0 Å². The molecule has 0 heterocycles. The van der Waals surface area contributed by atoms with Crippen molar-refractivity contribution < 1.29 is 8.78 Å². The molecule has 0 radical (unpaired) electrons. The third-order valence-corrected chi connectivity index (χ3v) is 3.88. The molecule has 0 aliphatic rings. The molecule has 2 aromatic rings. The molecule has 0 aliphatic carbocycles. The van der Waals surface area contributed by atoms with Gasteiger partial charge in [-0.05, 0) is 54.8 Å². The van der Waals surface area contributed by atoms with E-state index in [0.29, 0.717) is 6.54 Å². The van der Waals surface area contributed by atoms with E-state index in [1.54, 1.807) is 18.2 Å². The van der Waals surface area contributed by atoms with Gasteiger partial charge in [-0.25, -0.2) is 8.78 Å². The molecule has 2 rings (SSSR count). The number of rotatable bonds is 5. The van der Waals surface area contributed by atoms with Crippen molar-refractivity contribution in [2.24, 2.45) is 0 Å². The monoisotopic (exact) mass is 339 g/mol. The third-order valence-electron chi connectivity index (χ3n) is 3.10. The van der Waals surface area contributed by atoms with Crippen molar-refractivity contribution in [3.05, 3.63) is 69.7 Å². The predicted octanol–water partition coefficient (Wildman–Crippen LogP) is 4.45. The zero-order valence-electron chi connectivity index (χ0n) is 11.2. The maximum Gasteiger partial charge on any atom is 0.123 e. The van der Waals surface area contributed by atoms with E-state index in [0.717, 1.165) is 22.0 Å². The molecule has 1 atom stereocenters. The fourth-order valence-electron chi connectivity index (χ4n) is 2.01. The van der Waals surface area contributed by atoms with Crippen LogP contribution in [0.15, 0.2) is 46.9 Å². The predicted molar refractivity (Wildman–Crippen MR) is 80.5 cm³/mol. The number of hydrogen-bond acceptors (Lipinski definition) is 1. The molecule has 1 N–H and O–H groups in total. The second-order valence-electron chi connectivity index (χ2n) is 4.85. The number of hydrogen-bond donors (Lipinski definition) is 1. The van der Waals surface area contributed by atoms with Crippen LogP contribution in [0.1, 0.15) is 18.1 Å². The van der Waals surface area contributed by atoms with Crippen molar-refractivity contribution in [2.45, 2.75) is 25.9 Å². The first-order valence-electron chi connectivity index (χ1n) is 6.46. The second-order valence-corrected chi connectivity index (χ2v) is 5.70. The Hall–Kier alpha value is -1.26. The van der Waals surface area contributed by atoms with Gasteiger partial charge in [-0.2, -0.15) is 0 Å². The lowest BCUT2D eigenvalue weighted by molar-refractivity contribution is 0.541. The molecule has 0 aromatic heterocycles. The second kappa shape index (κ2) is 6.95. The first kappa shape index (κ1) is 15.1. The summed E-state index contributed by atoms with van der Waals surface area (Å²) in [7, 11) is 0. The van der Waals surface area contributed by atoms with Gasteiger partial charge in [-0.3, -0.25) is 0 Å². The van der Waals surface area contributed by atoms with Crippen LogP contribution in [0.3, 0.4) is 0 Å². The van der Waals surface area contributed by atoms with Crippen molar-refractivity contribution in [1.29, 1.82) is 0 Å². The summed E-state index contributed by atoms with van der Waals surface area (Å²) >= 11 is 3.41. The van der Waals surface area contributed by atoms with Crippen LogP contribution in [0, 0.1) is 11.6 Å². The minimum atomic E-state index is -0.240. The summed E-state index contributed by atoms with van der Waals surface area (Å²) in [6.07, 6.45) is 0.799. The zero-order valence-corrected chi connectivity index (χ0v) is 12.8. The van der Waals surface area contributed by atoms with Gasteiger partial charge in [0.25, 0.3) is 0 Å². The molecule has 20 heavy (non-hydrogen) atoms. The molecule has 0 aliphatic heterocycles. The molecular formula is C16H16BrF2N. The summed E-state index contributed by atoms with van der Waals surface area (Å²) in [6.45, 7) is 2.64.